The standard InChI is InChI=1S/C12H15BrN4/c1-16-7-5-14-8-10(16)12-15-11(13)9-4-2-3-6-17(9)12/h2-4,6,10,14H,5,7-8H2,1H3. The highest BCUT2D eigenvalue weighted by Gasteiger charge is 2.25. The molecule has 0 aliphatic carbocycles. The third kappa shape index (κ3) is 1.88. The largest absolute Gasteiger partial charge is 0.313 e. The smallest absolute Gasteiger partial charge is 0.133 e. The van der Waals surface area contributed by atoms with Crippen LogP contribution in [0.25, 0.3) is 5.52 Å². The lowest BCUT2D eigenvalue weighted by Gasteiger charge is -2.32. The van der Waals surface area contributed by atoms with E-state index >= 15 is 0 Å². The second-order valence-electron chi connectivity index (χ2n) is 4.42. The Labute approximate surface area is 109 Å². The summed E-state index contributed by atoms with van der Waals surface area (Å²) in [5.41, 5.74) is 1.13. The molecule has 0 aromatic carbocycles. The van der Waals surface area contributed by atoms with E-state index in [0.717, 1.165) is 35.6 Å². The summed E-state index contributed by atoms with van der Waals surface area (Å²) in [5, 5.41) is 3.43. The van der Waals surface area contributed by atoms with E-state index in [9.17, 15) is 0 Å². The summed E-state index contributed by atoms with van der Waals surface area (Å²) in [7, 11) is 2.16. The Kier molecular flexibility index (Phi) is 2.90. The van der Waals surface area contributed by atoms with E-state index in [1.807, 2.05) is 12.1 Å². The molecule has 1 atom stereocenters. The van der Waals surface area contributed by atoms with E-state index in [1.165, 1.54) is 0 Å². The van der Waals surface area contributed by atoms with Crippen LogP contribution in [0.4, 0.5) is 0 Å². The highest BCUT2D eigenvalue weighted by atomic mass is 79.9. The third-order valence-electron chi connectivity index (χ3n) is 3.34. The minimum absolute atomic E-state index is 0.338. The van der Waals surface area contributed by atoms with Crippen molar-refractivity contribution in [1.82, 2.24) is 19.6 Å². The normalized spacial score (nSPS) is 22.1. The summed E-state index contributed by atoms with van der Waals surface area (Å²) < 4.78 is 3.09. The molecule has 90 valence electrons. The number of hydrogen-bond donors (Lipinski definition) is 1. The molecule has 0 saturated carbocycles. The molecule has 4 nitrogen and oxygen atoms in total. The zero-order valence-corrected chi connectivity index (χ0v) is 11.3. The Hall–Kier alpha value is -0.910. The lowest BCUT2D eigenvalue weighted by molar-refractivity contribution is 0.193. The predicted octanol–water partition coefficient (Wildman–Crippen LogP) is 1.67. The topological polar surface area (TPSA) is 32.6 Å². The fourth-order valence-corrected chi connectivity index (χ4v) is 2.86. The summed E-state index contributed by atoms with van der Waals surface area (Å²) in [4.78, 5) is 7.01. The minimum atomic E-state index is 0.338. The lowest BCUT2D eigenvalue weighted by Crippen LogP contribution is -2.44. The number of halogens is 1. The molecule has 0 spiro atoms. The first-order valence-electron chi connectivity index (χ1n) is 5.81. The first kappa shape index (κ1) is 11.2. The Bertz CT molecular complexity index is 536. The summed E-state index contributed by atoms with van der Waals surface area (Å²) in [6.45, 7) is 3.07. The van der Waals surface area contributed by atoms with Crippen molar-refractivity contribution < 1.29 is 0 Å². The van der Waals surface area contributed by atoms with Crippen molar-refractivity contribution in [3.8, 4) is 0 Å². The van der Waals surface area contributed by atoms with Crippen LogP contribution in [0.5, 0.6) is 0 Å². The fraction of sp³-hybridized carbons (Fsp3) is 0.417. The molecule has 17 heavy (non-hydrogen) atoms. The maximum Gasteiger partial charge on any atom is 0.133 e. The summed E-state index contributed by atoms with van der Waals surface area (Å²) in [6, 6.07) is 6.50. The summed E-state index contributed by atoms with van der Waals surface area (Å²) in [6.07, 6.45) is 2.07. The van der Waals surface area contributed by atoms with Gasteiger partial charge in [0.15, 0.2) is 0 Å². The van der Waals surface area contributed by atoms with Crippen LogP contribution in [0, 0.1) is 0 Å². The Morgan fingerprint density at radius 2 is 2.35 bits per heavy atom. The van der Waals surface area contributed by atoms with E-state index in [4.69, 9.17) is 0 Å². The van der Waals surface area contributed by atoms with E-state index in [1.54, 1.807) is 0 Å². The Morgan fingerprint density at radius 3 is 3.18 bits per heavy atom. The van der Waals surface area contributed by atoms with E-state index in [-0.39, 0.29) is 0 Å². The van der Waals surface area contributed by atoms with E-state index in [2.05, 4.69) is 54.8 Å². The van der Waals surface area contributed by atoms with Crippen molar-refractivity contribution >= 4 is 21.4 Å². The van der Waals surface area contributed by atoms with Gasteiger partial charge in [0, 0.05) is 25.8 Å². The van der Waals surface area contributed by atoms with Gasteiger partial charge in [-0.1, -0.05) is 6.07 Å². The van der Waals surface area contributed by atoms with Crippen LogP contribution >= 0.6 is 15.9 Å². The van der Waals surface area contributed by atoms with Gasteiger partial charge in [0.05, 0.1) is 11.6 Å². The number of hydrogen-bond acceptors (Lipinski definition) is 3. The average Bonchev–Trinajstić information content (AvgIpc) is 2.68. The fourth-order valence-electron chi connectivity index (χ4n) is 2.35. The van der Waals surface area contributed by atoms with E-state index in [0.29, 0.717) is 6.04 Å². The van der Waals surface area contributed by atoms with Crippen molar-refractivity contribution in [2.45, 2.75) is 6.04 Å². The van der Waals surface area contributed by atoms with Gasteiger partial charge in [0.2, 0.25) is 0 Å². The SMILES string of the molecule is CN1CCNCC1c1nc(Br)c2ccccn12. The molecule has 0 amide bonds. The first-order valence-corrected chi connectivity index (χ1v) is 6.60. The van der Waals surface area contributed by atoms with Crippen molar-refractivity contribution in [3.05, 3.63) is 34.8 Å². The van der Waals surface area contributed by atoms with Gasteiger partial charge < -0.3 is 9.72 Å². The van der Waals surface area contributed by atoms with Gasteiger partial charge in [-0.25, -0.2) is 4.98 Å². The molecule has 0 bridgehead atoms. The van der Waals surface area contributed by atoms with Crippen molar-refractivity contribution in [2.75, 3.05) is 26.7 Å². The lowest BCUT2D eigenvalue weighted by atomic mass is 10.2. The van der Waals surface area contributed by atoms with Crippen LogP contribution < -0.4 is 5.32 Å². The number of likely N-dealkylation sites (N-methyl/N-ethyl adjacent to an activating group) is 1. The monoisotopic (exact) mass is 294 g/mol. The Balaban J connectivity index is 2.10. The van der Waals surface area contributed by atoms with Gasteiger partial charge in [-0.3, -0.25) is 4.90 Å². The number of fused-ring (bicyclic) bond motifs is 1. The number of piperazine rings is 1. The van der Waals surface area contributed by atoms with Crippen LogP contribution in [0.15, 0.2) is 29.0 Å². The summed E-state index contributed by atoms with van der Waals surface area (Å²) in [5.74, 6) is 1.10. The molecule has 1 aliphatic rings. The zero-order valence-electron chi connectivity index (χ0n) is 9.73. The molecular weight excluding hydrogens is 280 g/mol. The number of aromatic nitrogens is 2. The van der Waals surface area contributed by atoms with Crippen LogP contribution in [0.1, 0.15) is 11.9 Å². The number of rotatable bonds is 1. The molecule has 1 N–H and O–H groups in total. The van der Waals surface area contributed by atoms with Crippen molar-refractivity contribution in [1.29, 1.82) is 0 Å². The molecule has 5 heteroatoms. The molecule has 3 heterocycles. The second kappa shape index (κ2) is 4.40. The van der Waals surface area contributed by atoms with Crippen LogP contribution in [-0.2, 0) is 0 Å². The number of nitrogens with one attached hydrogen (secondary N) is 1. The molecule has 2 aromatic heterocycles. The quantitative estimate of drug-likeness (QED) is 0.869. The van der Waals surface area contributed by atoms with Gasteiger partial charge in [-0.05, 0) is 35.1 Å². The Morgan fingerprint density at radius 1 is 1.47 bits per heavy atom. The van der Waals surface area contributed by atoms with Gasteiger partial charge in [-0.15, -0.1) is 0 Å². The van der Waals surface area contributed by atoms with Gasteiger partial charge in [-0.2, -0.15) is 0 Å². The van der Waals surface area contributed by atoms with Crippen molar-refractivity contribution in [3.63, 3.8) is 0 Å². The second-order valence-corrected chi connectivity index (χ2v) is 5.17. The highest BCUT2D eigenvalue weighted by Crippen LogP contribution is 2.25. The molecule has 1 aliphatic heterocycles. The molecule has 0 radical (unpaired) electrons. The van der Waals surface area contributed by atoms with Gasteiger partial charge >= 0.3 is 0 Å². The van der Waals surface area contributed by atoms with Gasteiger partial charge in [0.25, 0.3) is 0 Å². The van der Waals surface area contributed by atoms with Gasteiger partial charge in [0.1, 0.15) is 10.4 Å². The maximum absolute atomic E-state index is 4.66. The summed E-state index contributed by atoms with van der Waals surface area (Å²) >= 11 is 3.53. The number of pyridine rings is 1. The number of nitrogens with zero attached hydrogens (tertiary/aromatic N) is 3. The van der Waals surface area contributed by atoms with Crippen LogP contribution in [0.2, 0.25) is 0 Å². The van der Waals surface area contributed by atoms with Crippen LogP contribution in [-0.4, -0.2) is 41.0 Å². The average molecular weight is 295 g/mol. The molecule has 2 aromatic rings. The highest BCUT2D eigenvalue weighted by molar-refractivity contribution is 9.10. The molecule has 1 saturated heterocycles. The predicted molar refractivity (Wildman–Crippen MR) is 71.1 cm³/mol. The van der Waals surface area contributed by atoms with E-state index < -0.39 is 0 Å². The minimum Gasteiger partial charge on any atom is -0.313 e. The third-order valence-corrected chi connectivity index (χ3v) is 3.92. The zero-order chi connectivity index (χ0) is 11.8. The number of imidazole rings is 1. The van der Waals surface area contributed by atoms with Crippen molar-refractivity contribution in [2.24, 2.45) is 0 Å². The molecule has 1 unspecified atom stereocenters. The maximum atomic E-state index is 4.66. The molecule has 3 rings (SSSR count). The molecule has 1 fully saturated rings. The first-order chi connectivity index (χ1) is 8.27. The van der Waals surface area contributed by atoms with Crippen LogP contribution in [0.3, 0.4) is 0 Å². The molecular formula is C12H15BrN4.